The lowest BCUT2D eigenvalue weighted by Gasteiger charge is -2.19. The highest BCUT2D eigenvalue weighted by Gasteiger charge is 2.08. The van der Waals surface area contributed by atoms with Crippen molar-refractivity contribution in [2.75, 3.05) is 11.9 Å². The first-order valence-corrected chi connectivity index (χ1v) is 7.88. The van der Waals surface area contributed by atoms with Crippen LogP contribution in [0.15, 0.2) is 0 Å². The van der Waals surface area contributed by atoms with Crippen LogP contribution in [0.25, 0.3) is 0 Å². The Kier molecular flexibility index (Phi) is 10.9. The van der Waals surface area contributed by atoms with Crippen LogP contribution in [0.5, 0.6) is 0 Å². The van der Waals surface area contributed by atoms with Gasteiger partial charge < -0.3 is 4.74 Å². The second-order valence-electron chi connectivity index (χ2n) is 5.48. The monoisotopic (exact) mass is 292 g/mol. The first kappa shape index (κ1) is 16.4. The van der Waals surface area contributed by atoms with E-state index in [2.05, 4.69) is 36.7 Å². The summed E-state index contributed by atoms with van der Waals surface area (Å²) in [5, 5.41) is 1.16. The van der Waals surface area contributed by atoms with Gasteiger partial charge in [0.2, 0.25) is 0 Å². The van der Waals surface area contributed by atoms with Gasteiger partial charge in [-0.05, 0) is 33.6 Å². The van der Waals surface area contributed by atoms with E-state index < -0.39 is 0 Å². The molecule has 0 spiro atoms. The van der Waals surface area contributed by atoms with Crippen LogP contribution in [0, 0.1) is 0 Å². The third-order valence-corrected chi connectivity index (χ3v) is 3.12. The number of halogens is 1. The highest BCUT2D eigenvalue weighted by atomic mass is 79.9. The van der Waals surface area contributed by atoms with Crippen LogP contribution < -0.4 is 0 Å². The molecule has 98 valence electrons. The second-order valence-corrected chi connectivity index (χ2v) is 6.27. The standard InChI is InChI=1S/C14H29BrO/c1-14(2,3)16-13-11-9-7-5-4-6-8-10-12-15/h4-13H2,1-3H3. The lowest BCUT2D eigenvalue weighted by Crippen LogP contribution is -2.19. The fraction of sp³-hybridized carbons (Fsp3) is 1.00. The minimum atomic E-state index is 0.0374. The molecule has 0 unspecified atom stereocenters. The number of ether oxygens (including phenoxy) is 1. The maximum atomic E-state index is 5.68. The van der Waals surface area contributed by atoms with Crippen molar-refractivity contribution in [3.63, 3.8) is 0 Å². The Bertz CT molecular complexity index is 140. The van der Waals surface area contributed by atoms with E-state index in [0.717, 1.165) is 11.9 Å². The zero-order valence-corrected chi connectivity index (χ0v) is 12.9. The van der Waals surface area contributed by atoms with Gasteiger partial charge in [0.1, 0.15) is 0 Å². The highest BCUT2D eigenvalue weighted by Crippen LogP contribution is 2.11. The molecule has 0 aliphatic rings. The summed E-state index contributed by atoms with van der Waals surface area (Å²) in [5.74, 6) is 0. The van der Waals surface area contributed by atoms with E-state index in [1.807, 2.05) is 0 Å². The molecule has 0 bridgehead atoms. The number of alkyl halides is 1. The van der Waals surface area contributed by atoms with Crippen molar-refractivity contribution in [2.45, 2.75) is 77.7 Å². The molecule has 0 aromatic carbocycles. The molecule has 0 aromatic rings. The number of hydrogen-bond acceptors (Lipinski definition) is 1. The zero-order valence-electron chi connectivity index (χ0n) is 11.4. The normalized spacial score (nSPS) is 12.0. The number of unbranched alkanes of at least 4 members (excludes halogenated alkanes) is 7. The van der Waals surface area contributed by atoms with Gasteiger partial charge in [-0.15, -0.1) is 0 Å². The summed E-state index contributed by atoms with van der Waals surface area (Å²) in [5.41, 5.74) is 0.0374. The molecular weight excluding hydrogens is 264 g/mol. The summed E-state index contributed by atoms with van der Waals surface area (Å²) in [6, 6.07) is 0. The van der Waals surface area contributed by atoms with E-state index in [4.69, 9.17) is 4.74 Å². The Balaban J connectivity index is 2.99. The lowest BCUT2D eigenvalue weighted by molar-refractivity contribution is -0.00474. The van der Waals surface area contributed by atoms with Crippen molar-refractivity contribution in [1.29, 1.82) is 0 Å². The van der Waals surface area contributed by atoms with Gasteiger partial charge in [-0.1, -0.05) is 54.5 Å². The molecule has 1 nitrogen and oxygen atoms in total. The van der Waals surface area contributed by atoms with Gasteiger partial charge in [0.15, 0.2) is 0 Å². The van der Waals surface area contributed by atoms with Crippen molar-refractivity contribution in [2.24, 2.45) is 0 Å². The first-order chi connectivity index (χ1) is 7.56. The predicted octanol–water partition coefficient (Wildman–Crippen LogP) is 5.32. The van der Waals surface area contributed by atoms with Crippen molar-refractivity contribution in [1.82, 2.24) is 0 Å². The van der Waals surface area contributed by atoms with E-state index in [0.29, 0.717) is 0 Å². The van der Waals surface area contributed by atoms with E-state index in [9.17, 15) is 0 Å². The minimum Gasteiger partial charge on any atom is -0.376 e. The molecule has 0 heterocycles. The molecule has 0 aliphatic heterocycles. The fourth-order valence-electron chi connectivity index (χ4n) is 1.64. The topological polar surface area (TPSA) is 9.23 Å². The predicted molar refractivity (Wildman–Crippen MR) is 76.4 cm³/mol. The fourth-order valence-corrected chi connectivity index (χ4v) is 2.03. The van der Waals surface area contributed by atoms with Gasteiger partial charge in [0.05, 0.1) is 5.60 Å². The SMILES string of the molecule is CC(C)(C)OCCCCCCCCCCBr. The van der Waals surface area contributed by atoms with E-state index >= 15 is 0 Å². The summed E-state index contributed by atoms with van der Waals surface area (Å²) in [7, 11) is 0. The van der Waals surface area contributed by atoms with Crippen molar-refractivity contribution >= 4 is 15.9 Å². The molecule has 0 N–H and O–H groups in total. The number of rotatable bonds is 10. The Morgan fingerprint density at radius 3 is 1.62 bits per heavy atom. The molecule has 0 amide bonds. The van der Waals surface area contributed by atoms with Crippen LogP contribution in [-0.2, 0) is 4.74 Å². The lowest BCUT2D eigenvalue weighted by atomic mass is 10.1. The second kappa shape index (κ2) is 10.6. The maximum Gasteiger partial charge on any atom is 0.0598 e. The maximum absolute atomic E-state index is 5.68. The Morgan fingerprint density at radius 2 is 1.19 bits per heavy atom. The van der Waals surface area contributed by atoms with Gasteiger partial charge in [0.25, 0.3) is 0 Å². The molecule has 0 rings (SSSR count). The van der Waals surface area contributed by atoms with Crippen LogP contribution in [0.3, 0.4) is 0 Å². The first-order valence-electron chi connectivity index (χ1n) is 6.76. The Morgan fingerprint density at radius 1 is 0.750 bits per heavy atom. The molecule has 0 radical (unpaired) electrons. The molecule has 0 aromatic heterocycles. The van der Waals surface area contributed by atoms with Gasteiger partial charge in [-0.25, -0.2) is 0 Å². The molecule has 0 saturated carbocycles. The van der Waals surface area contributed by atoms with Crippen LogP contribution in [0.4, 0.5) is 0 Å². The summed E-state index contributed by atoms with van der Waals surface area (Å²) in [6.45, 7) is 7.29. The van der Waals surface area contributed by atoms with Crippen LogP contribution in [-0.4, -0.2) is 17.5 Å². The average Bonchev–Trinajstić information content (AvgIpc) is 2.19. The van der Waals surface area contributed by atoms with Crippen molar-refractivity contribution in [3.8, 4) is 0 Å². The van der Waals surface area contributed by atoms with E-state index in [1.165, 1.54) is 51.4 Å². The largest absolute Gasteiger partial charge is 0.376 e. The molecule has 0 aliphatic carbocycles. The molecule has 0 atom stereocenters. The highest BCUT2D eigenvalue weighted by molar-refractivity contribution is 9.09. The third-order valence-electron chi connectivity index (χ3n) is 2.56. The van der Waals surface area contributed by atoms with Gasteiger partial charge in [-0.3, -0.25) is 0 Å². The third kappa shape index (κ3) is 14.4. The molecule has 2 heteroatoms. The Labute approximate surface area is 110 Å². The Hall–Kier alpha value is 0.440. The van der Waals surface area contributed by atoms with E-state index in [1.54, 1.807) is 0 Å². The smallest absolute Gasteiger partial charge is 0.0598 e. The zero-order chi connectivity index (χ0) is 12.3. The van der Waals surface area contributed by atoms with Gasteiger partial charge in [0, 0.05) is 11.9 Å². The van der Waals surface area contributed by atoms with Crippen LogP contribution in [0.2, 0.25) is 0 Å². The minimum absolute atomic E-state index is 0.0374. The molecule has 0 saturated heterocycles. The summed E-state index contributed by atoms with van der Waals surface area (Å²) < 4.78 is 5.68. The summed E-state index contributed by atoms with van der Waals surface area (Å²) in [6.07, 6.45) is 10.9. The van der Waals surface area contributed by atoms with Crippen LogP contribution >= 0.6 is 15.9 Å². The van der Waals surface area contributed by atoms with E-state index in [-0.39, 0.29) is 5.60 Å². The summed E-state index contributed by atoms with van der Waals surface area (Å²) >= 11 is 3.46. The van der Waals surface area contributed by atoms with Gasteiger partial charge in [-0.2, -0.15) is 0 Å². The summed E-state index contributed by atoms with van der Waals surface area (Å²) in [4.78, 5) is 0. The molecular formula is C14H29BrO. The van der Waals surface area contributed by atoms with Crippen molar-refractivity contribution < 1.29 is 4.74 Å². The number of hydrogen-bond donors (Lipinski definition) is 0. The van der Waals surface area contributed by atoms with Crippen LogP contribution in [0.1, 0.15) is 72.1 Å². The molecule has 16 heavy (non-hydrogen) atoms. The van der Waals surface area contributed by atoms with Gasteiger partial charge >= 0.3 is 0 Å². The van der Waals surface area contributed by atoms with Crippen molar-refractivity contribution in [3.05, 3.63) is 0 Å². The molecule has 0 fully saturated rings. The quantitative estimate of drug-likeness (QED) is 0.391. The average molecular weight is 293 g/mol.